The van der Waals surface area contributed by atoms with E-state index < -0.39 is 0 Å². The van der Waals surface area contributed by atoms with Gasteiger partial charge in [0, 0.05) is 11.9 Å². The van der Waals surface area contributed by atoms with E-state index in [0.29, 0.717) is 6.54 Å². The summed E-state index contributed by atoms with van der Waals surface area (Å²) in [6.07, 6.45) is 2.59. The van der Waals surface area contributed by atoms with Crippen molar-refractivity contribution in [2.45, 2.75) is 12.8 Å². The van der Waals surface area contributed by atoms with E-state index in [4.69, 9.17) is 9.68 Å². The molecule has 0 spiro atoms. The molecule has 0 aliphatic heterocycles. The number of rotatable bonds is 6. The van der Waals surface area contributed by atoms with Gasteiger partial charge in [-0.15, -0.1) is 0 Å². The molecule has 1 aromatic heterocycles. The summed E-state index contributed by atoms with van der Waals surface area (Å²) in [5.41, 5.74) is 2.04. The summed E-state index contributed by atoms with van der Waals surface area (Å²) in [7, 11) is 1.89. The molecule has 0 aliphatic carbocycles. The van der Waals surface area contributed by atoms with E-state index in [1.54, 1.807) is 6.26 Å². The minimum absolute atomic E-state index is 0.0149. The first-order valence-electron chi connectivity index (χ1n) is 6.23. The van der Waals surface area contributed by atoms with Crippen LogP contribution in [0.1, 0.15) is 12.0 Å². The van der Waals surface area contributed by atoms with E-state index in [-0.39, 0.29) is 12.2 Å². The van der Waals surface area contributed by atoms with Crippen molar-refractivity contribution in [1.82, 2.24) is 4.90 Å². The molecule has 2 aromatic rings. The third-order valence-corrected chi connectivity index (χ3v) is 3.05. The van der Waals surface area contributed by atoms with E-state index in [0.717, 1.165) is 29.5 Å². The molecule has 1 aromatic carbocycles. The van der Waals surface area contributed by atoms with Crippen molar-refractivity contribution in [3.05, 3.63) is 36.1 Å². The lowest BCUT2D eigenvalue weighted by Crippen LogP contribution is -2.27. The number of ketones is 1. The van der Waals surface area contributed by atoms with Crippen molar-refractivity contribution in [2.24, 2.45) is 0 Å². The van der Waals surface area contributed by atoms with Gasteiger partial charge in [0.2, 0.25) is 0 Å². The highest BCUT2D eigenvalue weighted by Crippen LogP contribution is 2.21. The smallest absolute Gasteiger partial charge is 0.160 e. The maximum absolute atomic E-state index is 11.3. The SMILES string of the molecule is CN(CCc1coc2ccccc12)CC(=O)CC#N. The molecule has 0 bridgehead atoms. The molecule has 0 fully saturated rings. The van der Waals surface area contributed by atoms with Crippen LogP contribution in [0.3, 0.4) is 0 Å². The number of Topliss-reactive ketones (excluding diaryl/α,β-unsaturated/α-hetero) is 1. The molecular weight excluding hydrogens is 240 g/mol. The fourth-order valence-electron chi connectivity index (χ4n) is 2.06. The molecule has 19 heavy (non-hydrogen) atoms. The number of fused-ring (bicyclic) bond motifs is 1. The summed E-state index contributed by atoms with van der Waals surface area (Å²) < 4.78 is 5.47. The number of carbonyl (C=O) groups is 1. The highest BCUT2D eigenvalue weighted by Gasteiger charge is 2.09. The number of carbonyl (C=O) groups excluding carboxylic acids is 1. The highest BCUT2D eigenvalue weighted by molar-refractivity contribution is 5.82. The molecule has 98 valence electrons. The minimum atomic E-state index is -0.0398. The maximum atomic E-state index is 11.3. The summed E-state index contributed by atoms with van der Waals surface area (Å²) in [6.45, 7) is 1.09. The number of furan rings is 1. The van der Waals surface area contributed by atoms with E-state index in [9.17, 15) is 4.79 Å². The van der Waals surface area contributed by atoms with Gasteiger partial charge in [0.15, 0.2) is 5.78 Å². The highest BCUT2D eigenvalue weighted by atomic mass is 16.3. The number of para-hydroxylation sites is 1. The van der Waals surface area contributed by atoms with Crippen LogP contribution in [0.2, 0.25) is 0 Å². The van der Waals surface area contributed by atoms with Gasteiger partial charge in [-0.1, -0.05) is 18.2 Å². The average molecular weight is 256 g/mol. The Morgan fingerprint density at radius 3 is 3.00 bits per heavy atom. The number of nitriles is 1. The molecule has 0 saturated heterocycles. The van der Waals surface area contributed by atoms with Crippen LogP contribution in [0.15, 0.2) is 34.9 Å². The van der Waals surface area contributed by atoms with Crippen LogP contribution in [-0.4, -0.2) is 30.8 Å². The third-order valence-electron chi connectivity index (χ3n) is 3.05. The van der Waals surface area contributed by atoms with Crippen molar-refractivity contribution in [3.63, 3.8) is 0 Å². The second kappa shape index (κ2) is 6.17. The lowest BCUT2D eigenvalue weighted by atomic mass is 10.1. The van der Waals surface area contributed by atoms with Gasteiger partial charge in [-0.05, 0) is 25.1 Å². The zero-order valence-electron chi connectivity index (χ0n) is 10.9. The van der Waals surface area contributed by atoms with Gasteiger partial charge in [0.1, 0.15) is 5.58 Å². The second-order valence-electron chi connectivity index (χ2n) is 4.62. The molecule has 0 unspecified atom stereocenters. The predicted octanol–water partition coefficient (Wildman–Crippen LogP) is 2.39. The van der Waals surface area contributed by atoms with Crippen LogP contribution in [0, 0.1) is 11.3 Å². The van der Waals surface area contributed by atoms with Gasteiger partial charge >= 0.3 is 0 Å². The summed E-state index contributed by atoms with van der Waals surface area (Å²) >= 11 is 0. The van der Waals surface area contributed by atoms with Crippen LogP contribution in [0.25, 0.3) is 11.0 Å². The normalized spacial score (nSPS) is 10.8. The number of likely N-dealkylation sites (N-methyl/N-ethyl adjacent to an activating group) is 1. The van der Waals surface area contributed by atoms with Crippen LogP contribution in [0.4, 0.5) is 0 Å². The van der Waals surface area contributed by atoms with Crippen LogP contribution >= 0.6 is 0 Å². The Balaban J connectivity index is 1.92. The molecule has 2 rings (SSSR count). The lowest BCUT2D eigenvalue weighted by Gasteiger charge is -2.14. The quantitative estimate of drug-likeness (QED) is 0.796. The van der Waals surface area contributed by atoms with E-state index >= 15 is 0 Å². The summed E-state index contributed by atoms with van der Waals surface area (Å²) in [5.74, 6) is -0.0398. The minimum Gasteiger partial charge on any atom is -0.464 e. The van der Waals surface area contributed by atoms with Gasteiger partial charge in [-0.3, -0.25) is 9.69 Å². The second-order valence-corrected chi connectivity index (χ2v) is 4.62. The Hall–Kier alpha value is -2.12. The maximum Gasteiger partial charge on any atom is 0.160 e. The number of hydrogen-bond donors (Lipinski definition) is 0. The molecule has 4 heteroatoms. The third kappa shape index (κ3) is 3.43. The standard InChI is InChI=1S/C15H16N2O2/c1-17(10-13(18)6-8-16)9-7-12-11-19-15-5-3-2-4-14(12)15/h2-5,11H,6-7,9-10H2,1H3. The lowest BCUT2D eigenvalue weighted by molar-refractivity contribution is -0.118. The summed E-state index contributed by atoms with van der Waals surface area (Å²) in [5, 5.41) is 9.57. The first-order valence-corrected chi connectivity index (χ1v) is 6.23. The molecule has 4 nitrogen and oxygen atoms in total. The van der Waals surface area contributed by atoms with Crippen molar-refractivity contribution >= 4 is 16.8 Å². The molecule has 0 atom stereocenters. The molecule has 1 heterocycles. The Morgan fingerprint density at radius 1 is 1.42 bits per heavy atom. The van der Waals surface area contributed by atoms with Crippen LogP contribution in [-0.2, 0) is 11.2 Å². The van der Waals surface area contributed by atoms with Gasteiger partial charge in [0.25, 0.3) is 0 Å². The summed E-state index contributed by atoms with van der Waals surface area (Å²) in [4.78, 5) is 13.3. The van der Waals surface area contributed by atoms with E-state index in [2.05, 4.69) is 0 Å². The first kappa shape index (κ1) is 13.3. The fraction of sp³-hybridized carbons (Fsp3) is 0.333. The molecule has 0 radical (unpaired) electrons. The van der Waals surface area contributed by atoms with Crippen LogP contribution in [0.5, 0.6) is 0 Å². The van der Waals surface area contributed by atoms with Crippen molar-refractivity contribution in [3.8, 4) is 6.07 Å². The van der Waals surface area contributed by atoms with Gasteiger partial charge in [-0.2, -0.15) is 5.26 Å². The molecule has 0 aliphatic rings. The molecule has 0 saturated carbocycles. The molecule has 0 amide bonds. The van der Waals surface area contributed by atoms with Crippen molar-refractivity contribution < 1.29 is 9.21 Å². The number of benzene rings is 1. The number of hydrogen-bond acceptors (Lipinski definition) is 4. The Bertz CT molecular complexity index is 610. The zero-order chi connectivity index (χ0) is 13.7. The van der Waals surface area contributed by atoms with Gasteiger partial charge < -0.3 is 4.42 Å². The predicted molar refractivity (Wildman–Crippen MR) is 72.7 cm³/mol. The average Bonchev–Trinajstić information content (AvgIpc) is 2.80. The van der Waals surface area contributed by atoms with Crippen molar-refractivity contribution in [1.29, 1.82) is 5.26 Å². The monoisotopic (exact) mass is 256 g/mol. The first-order chi connectivity index (χ1) is 9.20. The Kier molecular flexibility index (Phi) is 4.32. The largest absolute Gasteiger partial charge is 0.464 e. The fourth-order valence-corrected chi connectivity index (χ4v) is 2.06. The molecular formula is C15H16N2O2. The number of nitrogens with zero attached hydrogens (tertiary/aromatic N) is 2. The molecule has 0 N–H and O–H groups in total. The Labute approximate surface area is 112 Å². The topological polar surface area (TPSA) is 57.2 Å². The van der Waals surface area contributed by atoms with Crippen LogP contribution < -0.4 is 0 Å². The van der Waals surface area contributed by atoms with Gasteiger partial charge in [-0.25, -0.2) is 0 Å². The van der Waals surface area contributed by atoms with E-state index in [1.807, 2.05) is 42.3 Å². The van der Waals surface area contributed by atoms with Crippen molar-refractivity contribution in [2.75, 3.05) is 20.1 Å². The zero-order valence-corrected chi connectivity index (χ0v) is 10.9. The van der Waals surface area contributed by atoms with E-state index in [1.165, 1.54) is 0 Å². The summed E-state index contributed by atoms with van der Waals surface area (Å²) in [6, 6.07) is 9.79. The van der Waals surface area contributed by atoms with Gasteiger partial charge in [0.05, 0.1) is 25.3 Å². The Morgan fingerprint density at radius 2 is 2.21 bits per heavy atom.